The molecule has 0 saturated heterocycles. The van der Waals surface area contributed by atoms with Gasteiger partial charge in [0, 0.05) is 27.9 Å². The Kier molecular flexibility index (Phi) is 6.18. The van der Waals surface area contributed by atoms with Crippen LogP contribution in [0.3, 0.4) is 0 Å². The molecule has 2 amide bonds. The van der Waals surface area contributed by atoms with Crippen LogP contribution in [0.4, 0.5) is 5.69 Å². The third kappa shape index (κ3) is 4.82. The minimum atomic E-state index is -1.53. The fourth-order valence-electron chi connectivity index (χ4n) is 2.50. The molecule has 0 bridgehead atoms. The lowest BCUT2D eigenvalue weighted by Crippen LogP contribution is -2.19. The Morgan fingerprint density at radius 2 is 1.82 bits per heavy atom. The lowest BCUT2D eigenvalue weighted by atomic mass is 10.1. The Labute approximate surface area is 169 Å². The second kappa shape index (κ2) is 8.77. The van der Waals surface area contributed by atoms with Crippen molar-refractivity contribution in [3.63, 3.8) is 0 Å². The molecule has 1 aromatic heterocycles. The maximum absolute atomic E-state index is 12.5. The Balaban J connectivity index is 1.76. The first-order valence-electron chi connectivity index (χ1n) is 8.23. The van der Waals surface area contributed by atoms with E-state index in [4.69, 9.17) is 17.3 Å². The van der Waals surface area contributed by atoms with E-state index in [1.54, 1.807) is 36.5 Å². The van der Waals surface area contributed by atoms with Gasteiger partial charge >= 0.3 is 0 Å². The SMILES string of the molecule is NC(=O)CS(=O)c1ccc(C(=O)Nc2ccc(Cl)c(-c3ccccn3)c2)cc1. The summed E-state index contributed by atoms with van der Waals surface area (Å²) < 4.78 is 11.9. The maximum Gasteiger partial charge on any atom is 0.255 e. The number of hydrogen-bond donors (Lipinski definition) is 2. The second-order valence-corrected chi connectivity index (χ2v) is 7.70. The number of amides is 2. The van der Waals surface area contributed by atoms with Gasteiger partial charge in [-0.15, -0.1) is 0 Å². The van der Waals surface area contributed by atoms with Gasteiger partial charge in [0.25, 0.3) is 5.91 Å². The van der Waals surface area contributed by atoms with Gasteiger partial charge in [0.15, 0.2) is 0 Å². The molecule has 3 aromatic rings. The number of primary amides is 1. The topological polar surface area (TPSA) is 102 Å². The molecule has 1 atom stereocenters. The maximum atomic E-state index is 12.5. The van der Waals surface area contributed by atoms with E-state index in [2.05, 4.69) is 10.3 Å². The number of nitrogens with one attached hydrogen (secondary N) is 1. The second-order valence-electron chi connectivity index (χ2n) is 5.84. The molecule has 0 aliphatic carbocycles. The van der Waals surface area contributed by atoms with Crippen LogP contribution in [0.2, 0.25) is 5.02 Å². The number of benzene rings is 2. The molecule has 0 aliphatic heterocycles. The third-order valence-corrected chi connectivity index (χ3v) is 5.49. The smallest absolute Gasteiger partial charge is 0.255 e. The van der Waals surface area contributed by atoms with Crippen LogP contribution in [0, 0.1) is 0 Å². The number of carbonyl (C=O) groups excluding carboxylic acids is 2. The predicted molar refractivity (Wildman–Crippen MR) is 110 cm³/mol. The van der Waals surface area contributed by atoms with Crippen LogP contribution in [-0.4, -0.2) is 26.8 Å². The Morgan fingerprint density at radius 1 is 1.07 bits per heavy atom. The Bertz CT molecular complexity index is 1040. The van der Waals surface area contributed by atoms with E-state index < -0.39 is 16.7 Å². The molecule has 142 valence electrons. The van der Waals surface area contributed by atoms with Gasteiger partial charge in [-0.2, -0.15) is 0 Å². The summed E-state index contributed by atoms with van der Waals surface area (Å²) in [5.74, 6) is -1.24. The zero-order valence-corrected chi connectivity index (χ0v) is 16.2. The van der Waals surface area contributed by atoms with E-state index in [9.17, 15) is 13.8 Å². The van der Waals surface area contributed by atoms with Gasteiger partial charge in [-0.3, -0.25) is 18.8 Å². The summed E-state index contributed by atoms with van der Waals surface area (Å²) in [6, 6.07) is 16.8. The number of nitrogens with two attached hydrogens (primary N) is 1. The largest absolute Gasteiger partial charge is 0.369 e. The molecule has 0 aliphatic rings. The lowest BCUT2D eigenvalue weighted by molar-refractivity contribution is -0.115. The van der Waals surface area contributed by atoms with Crippen molar-refractivity contribution in [2.75, 3.05) is 11.1 Å². The van der Waals surface area contributed by atoms with Gasteiger partial charge < -0.3 is 11.1 Å². The van der Waals surface area contributed by atoms with Gasteiger partial charge in [0.2, 0.25) is 5.91 Å². The molecule has 0 spiro atoms. The van der Waals surface area contributed by atoms with Crippen LogP contribution >= 0.6 is 11.6 Å². The van der Waals surface area contributed by atoms with Gasteiger partial charge in [-0.05, 0) is 54.6 Å². The van der Waals surface area contributed by atoms with Crippen LogP contribution < -0.4 is 11.1 Å². The molecule has 28 heavy (non-hydrogen) atoms. The standard InChI is InChI=1S/C20H16ClN3O3S/c21-17-9-6-14(11-16(17)18-3-1-2-10-23-18)24-20(26)13-4-7-15(8-5-13)28(27)12-19(22)25/h1-11H,12H2,(H2,22,25)(H,24,26). The summed E-state index contributed by atoms with van der Waals surface area (Å²) >= 11 is 6.25. The molecule has 0 saturated carbocycles. The monoisotopic (exact) mass is 413 g/mol. The average molecular weight is 414 g/mol. The van der Waals surface area contributed by atoms with Crippen molar-refractivity contribution in [3.8, 4) is 11.3 Å². The van der Waals surface area contributed by atoms with Gasteiger partial charge in [-0.25, -0.2) is 0 Å². The molecule has 8 heteroatoms. The lowest BCUT2D eigenvalue weighted by Gasteiger charge is -2.09. The molecule has 6 nitrogen and oxygen atoms in total. The summed E-state index contributed by atoms with van der Waals surface area (Å²) in [6.07, 6.45) is 1.67. The Hall–Kier alpha value is -3.03. The quantitative estimate of drug-likeness (QED) is 0.647. The van der Waals surface area contributed by atoms with Crippen LogP contribution in [0.5, 0.6) is 0 Å². The minimum absolute atomic E-state index is 0.257. The highest BCUT2D eigenvalue weighted by molar-refractivity contribution is 7.85. The molecule has 0 radical (unpaired) electrons. The molecule has 3 rings (SSSR count). The number of hydrogen-bond acceptors (Lipinski definition) is 4. The highest BCUT2D eigenvalue weighted by Crippen LogP contribution is 2.29. The number of nitrogens with zero attached hydrogens (tertiary/aromatic N) is 1. The number of aromatic nitrogens is 1. The van der Waals surface area contributed by atoms with E-state index in [0.29, 0.717) is 32.4 Å². The number of pyridine rings is 1. The highest BCUT2D eigenvalue weighted by atomic mass is 35.5. The number of rotatable bonds is 6. The van der Waals surface area contributed by atoms with Crippen LogP contribution in [0.25, 0.3) is 11.3 Å². The van der Waals surface area contributed by atoms with E-state index in [0.717, 1.165) is 0 Å². The normalized spacial score (nSPS) is 11.6. The van der Waals surface area contributed by atoms with Crippen molar-refractivity contribution in [1.82, 2.24) is 4.98 Å². The van der Waals surface area contributed by atoms with Gasteiger partial charge in [-0.1, -0.05) is 17.7 Å². The minimum Gasteiger partial charge on any atom is -0.369 e. The summed E-state index contributed by atoms with van der Waals surface area (Å²) in [7, 11) is -1.53. The van der Waals surface area contributed by atoms with E-state index in [-0.39, 0.29) is 11.7 Å². The highest BCUT2D eigenvalue weighted by Gasteiger charge is 2.12. The zero-order chi connectivity index (χ0) is 20.1. The van der Waals surface area contributed by atoms with Crippen molar-refractivity contribution in [2.45, 2.75) is 4.90 Å². The summed E-state index contributed by atoms with van der Waals surface area (Å²) in [5, 5.41) is 3.33. The van der Waals surface area contributed by atoms with Crippen molar-refractivity contribution in [2.24, 2.45) is 5.73 Å². The predicted octanol–water partition coefficient (Wildman–Crippen LogP) is 3.25. The van der Waals surface area contributed by atoms with Crippen LogP contribution in [0.1, 0.15) is 10.4 Å². The van der Waals surface area contributed by atoms with E-state index in [1.165, 1.54) is 12.1 Å². The van der Waals surface area contributed by atoms with Crippen molar-refractivity contribution in [3.05, 3.63) is 77.4 Å². The fraction of sp³-hybridized carbons (Fsp3) is 0.0500. The third-order valence-electron chi connectivity index (χ3n) is 3.82. The van der Waals surface area contributed by atoms with Gasteiger partial charge in [0.05, 0.1) is 21.5 Å². The molecule has 0 fully saturated rings. The average Bonchev–Trinajstić information content (AvgIpc) is 2.69. The van der Waals surface area contributed by atoms with Gasteiger partial charge in [0.1, 0.15) is 5.75 Å². The summed E-state index contributed by atoms with van der Waals surface area (Å²) in [6.45, 7) is 0. The van der Waals surface area contributed by atoms with E-state index in [1.807, 2.05) is 18.2 Å². The first-order chi connectivity index (χ1) is 13.4. The summed E-state index contributed by atoms with van der Waals surface area (Å²) in [5.41, 5.74) is 7.40. The van der Waals surface area contributed by atoms with Crippen molar-refractivity contribution in [1.29, 1.82) is 0 Å². The van der Waals surface area contributed by atoms with E-state index >= 15 is 0 Å². The first kappa shape index (κ1) is 19.7. The van der Waals surface area contributed by atoms with Crippen LogP contribution in [-0.2, 0) is 15.6 Å². The molecule has 3 N–H and O–H groups in total. The number of anilines is 1. The van der Waals surface area contributed by atoms with Crippen molar-refractivity contribution >= 4 is 39.9 Å². The zero-order valence-electron chi connectivity index (χ0n) is 14.6. The molecule has 2 aromatic carbocycles. The Morgan fingerprint density at radius 3 is 2.46 bits per heavy atom. The number of carbonyl (C=O) groups is 2. The van der Waals surface area contributed by atoms with Crippen LogP contribution in [0.15, 0.2) is 71.8 Å². The number of halogens is 1. The van der Waals surface area contributed by atoms with Crippen molar-refractivity contribution < 1.29 is 13.8 Å². The summed E-state index contributed by atoms with van der Waals surface area (Å²) in [4.78, 5) is 28.1. The fourth-order valence-corrected chi connectivity index (χ4v) is 3.57. The molecule has 1 heterocycles. The molecular weight excluding hydrogens is 398 g/mol. The first-order valence-corrected chi connectivity index (χ1v) is 9.93. The molecular formula is C20H16ClN3O3S. The molecule has 1 unspecified atom stereocenters.